The van der Waals surface area contributed by atoms with Crippen molar-refractivity contribution < 1.29 is 4.74 Å². The number of ether oxygens (including phenoxy) is 1. The van der Waals surface area contributed by atoms with E-state index in [0.29, 0.717) is 5.92 Å². The summed E-state index contributed by atoms with van der Waals surface area (Å²) in [6.45, 7) is 3.13. The van der Waals surface area contributed by atoms with Gasteiger partial charge >= 0.3 is 0 Å². The molecule has 5 rings (SSSR count). The van der Waals surface area contributed by atoms with E-state index >= 15 is 0 Å². The molecule has 1 saturated heterocycles. The molecule has 0 amide bonds. The number of likely N-dealkylation sites (tertiary alicyclic amines) is 1. The van der Waals surface area contributed by atoms with Gasteiger partial charge in [-0.25, -0.2) is 14.6 Å². The second kappa shape index (κ2) is 7.64. The smallest absolute Gasteiger partial charge is 0.161 e. The van der Waals surface area contributed by atoms with Crippen LogP contribution in [0.15, 0.2) is 67.1 Å². The number of rotatable bonds is 5. The fourth-order valence-corrected chi connectivity index (χ4v) is 3.98. The molecule has 29 heavy (non-hydrogen) atoms. The molecule has 0 radical (unpaired) electrons. The van der Waals surface area contributed by atoms with Crippen molar-refractivity contribution in [3.63, 3.8) is 0 Å². The van der Waals surface area contributed by atoms with Gasteiger partial charge in [-0.3, -0.25) is 0 Å². The Morgan fingerprint density at radius 3 is 2.59 bits per heavy atom. The molecule has 1 atom stereocenters. The van der Waals surface area contributed by atoms with Crippen LogP contribution in [-0.2, 0) is 6.54 Å². The maximum atomic E-state index is 5.91. The third kappa shape index (κ3) is 3.71. The SMILES string of the molecule is CN1CCC(Cn2nc(-c3ccc(Oc4ccccc4)cc3)c3cncnc32)C1. The van der Waals surface area contributed by atoms with Crippen LogP contribution < -0.4 is 4.74 Å². The molecule has 0 aliphatic carbocycles. The predicted octanol–water partition coefficient (Wildman–Crippen LogP) is 4.24. The van der Waals surface area contributed by atoms with Gasteiger partial charge in [0.15, 0.2) is 5.65 Å². The summed E-state index contributed by atoms with van der Waals surface area (Å²) in [6, 6.07) is 17.8. The third-order valence-electron chi connectivity index (χ3n) is 5.44. The first-order valence-electron chi connectivity index (χ1n) is 9.95. The van der Waals surface area contributed by atoms with Crippen molar-refractivity contribution in [1.82, 2.24) is 24.6 Å². The summed E-state index contributed by atoms with van der Waals surface area (Å²) in [6.07, 6.45) is 4.65. The van der Waals surface area contributed by atoms with Crippen LogP contribution >= 0.6 is 0 Å². The summed E-state index contributed by atoms with van der Waals surface area (Å²) in [4.78, 5) is 11.1. The Balaban J connectivity index is 1.44. The van der Waals surface area contributed by atoms with E-state index < -0.39 is 0 Å². The van der Waals surface area contributed by atoms with Crippen molar-refractivity contribution in [3.8, 4) is 22.8 Å². The van der Waals surface area contributed by atoms with Crippen molar-refractivity contribution in [3.05, 3.63) is 67.1 Å². The first-order chi connectivity index (χ1) is 14.3. The van der Waals surface area contributed by atoms with Crippen molar-refractivity contribution >= 4 is 11.0 Å². The summed E-state index contributed by atoms with van der Waals surface area (Å²) in [7, 11) is 2.17. The van der Waals surface area contributed by atoms with Crippen LogP contribution in [0.3, 0.4) is 0 Å². The monoisotopic (exact) mass is 385 g/mol. The second-order valence-electron chi connectivity index (χ2n) is 7.65. The van der Waals surface area contributed by atoms with Gasteiger partial charge in [0, 0.05) is 24.8 Å². The zero-order valence-corrected chi connectivity index (χ0v) is 16.4. The second-order valence-corrected chi connectivity index (χ2v) is 7.65. The molecule has 4 aromatic rings. The molecule has 0 saturated carbocycles. The number of fused-ring (bicyclic) bond motifs is 1. The highest BCUT2D eigenvalue weighted by Gasteiger charge is 2.22. The standard InChI is InChI=1S/C23H23N5O/c1-27-12-11-17(14-27)15-28-23-21(13-24-16-25-23)22(26-28)18-7-9-20(10-8-18)29-19-5-3-2-4-6-19/h2-10,13,16-17H,11-12,14-15H2,1H3. The van der Waals surface area contributed by atoms with E-state index in [-0.39, 0.29) is 0 Å². The fraction of sp³-hybridized carbons (Fsp3) is 0.261. The molecular weight excluding hydrogens is 362 g/mol. The maximum Gasteiger partial charge on any atom is 0.161 e. The van der Waals surface area contributed by atoms with E-state index in [0.717, 1.165) is 53.4 Å². The van der Waals surface area contributed by atoms with Gasteiger partial charge in [-0.2, -0.15) is 5.10 Å². The predicted molar refractivity (Wildman–Crippen MR) is 113 cm³/mol. The van der Waals surface area contributed by atoms with E-state index in [2.05, 4.69) is 21.9 Å². The van der Waals surface area contributed by atoms with Crippen molar-refractivity contribution in [2.24, 2.45) is 5.92 Å². The Morgan fingerprint density at radius 1 is 1.03 bits per heavy atom. The summed E-state index contributed by atoms with van der Waals surface area (Å²) in [5.74, 6) is 2.23. The van der Waals surface area contributed by atoms with Crippen LogP contribution in [0, 0.1) is 5.92 Å². The van der Waals surface area contributed by atoms with Crippen LogP contribution in [0.4, 0.5) is 0 Å². The Morgan fingerprint density at radius 2 is 1.83 bits per heavy atom. The van der Waals surface area contributed by atoms with E-state index in [1.54, 1.807) is 6.33 Å². The minimum absolute atomic E-state index is 0.604. The third-order valence-corrected chi connectivity index (χ3v) is 5.44. The van der Waals surface area contributed by atoms with Gasteiger partial charge in [0.05, 0.1) is 5.39 Å². The largest absolute Gasteiger partial charge is 0.457 e. The summed E-state index contributed by atoms with van der Waals surface area (Å²) < 4.78 is 7.95. The van der Waals surface area contributed by atoms with E-state index in [9.17, 15) is 0 Å². The lowest BCUT2D eigenvalue weighted by molar-refractivity contribution is 0.372. The van der Waals surface area contributed by atoms with Crippen LogP contribution in [0.5, 0.6) is 11.5 Å². The molecule has 0 bridgehead atoms. The Labute approximate surface area is 169 Å². The lowest BCUT2D eigenvalue weighted by atomic mass is 10.1. The molecule has 2 aromatic heterocycles. The van der Waals surface area contributed by atoms with Gasteiger partial charge in [0.2, 0.25) is 0 Å². The molecular formula is C23H23N5O. The molecule has 1 fully saturated rings. The first-order valence-corrected chi connectivity index (χ1v) is 9.95. The van der Waals surface area contributed by atoms with Gasteiger partial charge in [0.1, 0.15) is 23.5 Å². The average molecular weight is 385 g/mol. The molecule has 1 unspecified atom stereocenters. The number of aromatic nitrogens is 4. The molecule has 146 valence electrons. The zero-order valence-electron chi connectivity index (χ0n) is 16.4. The highest BCUT2D eigenvalue weighted by Crippen LogP contribution is 2.30. The van der Waals surface area contributed by atoms with Crippen LogP contribution in [0.2, 0.25) is 0 Å². The summed E-state index contributed by atoms with van der Waals surface area (Å²) >= 11 is 0. The molecule has 2 aromatic carbocycles. The number of nitrogens with zero attached hydrogens (tertiary/aromatic N) is 5. The molecule has 6 nitrogen and oxygen atoms in total. The van der Waals surface area contributed by atoms with Crippen molar-refractivity contribution in [2.75, 3.05) is 20.1 Å². The van der Waals surface area contributed by atoms with Gasteiger partial charge in [-0.1, -0.05) is 18.2 Å². The van der Waals surface area contributed by atoms with E-state index in [1.807, 2.05) is 65.5 Å². The van der Waals surface area contributed by atoms with Gasteiger partial charge in [-0.05, 0) is 62.3 Å². The maximum absolute atomic E-state index is 5.91. The average Bonchev–Trinajstić information content (AvgIpc) is 3.33. The minimum atomic E-state index is 0.604. The molecule has 0 N–H and O–H groups in total. The van der Waals surface area contributed by atoms with E-state index in [1.165, 1.54) is 6.42 Å². The van der Waals surface area contributed by atoms with Gasteiger partial charge in [-0.15, -0.1) is 0 Å². The van der Waals surface area contributed by atoms with Crippen molar-refractivity contribution in [2.45, 2.75) is 13.0 Å². The topological polar surface area (TPSA) is 56.1 Å². The quantitative estimate of drug-likeness (QED) is 0.514. The minimum Gasteiger partial charge on any atom is -0.457 e. The Bertz CT molecular complexity index is 1110. The Kier molecular flexibility index (Phi) is 4.69. The van der Waals surface area contributed by atoms with Gasteiger partial charge in [0.25, 0.3) is 0 Å². The number of hydrogen-bond acceptors (Lipinski definition) is 5. The number of hydrogen-bond donors (Lipinski definition) is 0. The number of para-hydroxylation sites is 1. The highest BCUT2D eigenvalue weighted by molar-refractivity contribution is 5.90. The first kappa shape index (κ1) is 17.8. The van der Waals surface area contributed by atoms with Gasteiger partial charge < -0.3 is 9.64 Å². The van der Waals surface area contributed by atoms with Crippen LogP contribution in [0.1, 0.15) is 6.42 Å². The lowest BCUT2D eigenvalue weighted by Crippen LogP contribution is -2.17. The lowest BCUT2D eigenvalue weighted by Gasteiger charge is -2.10. The normalized spacial score (nSPS) is 17.1. The molecule has 3 heterocycles. The fourth-order valence-electron chi connectivity index (χ4n) is 3.98. The number of benzene rings is 2. The van der Waals surface area contributed by atoms with E-state index in [4.69, 9.17) is 9.84 Å². The molecule has 0 spiro atoms. The summed E-state index contributed by atoms with van der Waals surface area (Å²) in [5.41, 5.74) is 2.85. The summed E-state index contributed by atoms with van der Waals surface area (Å²) in [5, 5.41) is 5.90. The van der Waals surface area contributed by atoms with Crippen LogP contribution in [0.25, 0.3) is 22.3 Å². The Hall–Kier alpha value is -3.25. The molecule has 1 aliphatic rings. The molecule has 1 aliphatic heterocycles. The van der Waals surface area contributed by atoms with Crippen molar-refractivity contribution in [1.29, 1.82) is 0 Å². The van der Waals surface area contributed by atoms with Crippen LogP contribution in [-0.4, -0.2) is 44.8 Å². The highest BCUT2D eigenvalue weighted by atomic mass is 16.5. The zero-order chi connectivity index (χ0) is 19.6. The molecule has 6 heteroatoms.